The number of aryl methyl sites for hydroxylation is 2. The van der Waals surface area contributed by atoms with Crippen molar-refractivity contribution in [3.05, 3.63) is 65.2 Å². The lowest BCUT2D eigenvalue weighted by atomic mass is 10.1. The fourth-order valence-electron chi connectivity index (χ4n) is 2.21. The van der Waals surface area contributed by atoms with Crippen LogP contribution in [0.3, 0.4) is 0 Å². The van der Waals surface area contributed by atoms with Crippen LogP contribution in [0.4, 0.5) is 0 Å². The van der Waals surface area contributed by atoms with E-state index in [0.717, 1.165) is 22.1 Å². The molecular weight excluding hydrogens is 238 g/mol. The average molecular weight is 253 g/mol. The van der Waals surface area contributed by atoms with Crippen molar-refractivity contribution >= 4 is 11.0 Å². The highest BCUT2D eigenvalue weighted by molar-refractivity contribution is 5.78. The minimum Gasteiger partial charge on any atom is -0.458 e. The molecule has 0 spiro atoms. The SMILES string of the molecule is Cc1cncc(C(O)c2cc3cc(C)ccc3o2)c1. The number of aromatic nitrogens is 1. The van der Waals surface area contributed by atoms with E-state index in [1.807, 2.05) is 44.2 Å². The van der Waals surface area contributed by atoms with Gasteiger partial charge >= 0.3 is 0 Å². The molecule has 1 aromatic carbocycles. The summed E-state index contributed by atoms with van der Waals surface area (Å²) >= 11 is 0. The Morgan fingerprint density at radius 3 is 2.68 bits per heavy atom. The average Bonchev–Trinajstić information content (AvgIpc) is 2.80. The second kappa shape index (κ2) is 4.52. The third-order valence-corrected chi connectivity index (χ3v) is 3.17. The van der Waals surface area contributed by atoms with E-state index in [4.69, 9.17) is 4.42 Å². The number of hydrogen-bond acceptors (Lipinski definition) is 3. The lowest BCUT2D eigenvalue weighted by molar-refractivity contribution is 0.192. The highest BCUT2D eigenvalue weighted by Gasteiger charge is 2.16. The van der Waals surface area contributed by atoms with Crippen LogP contribution in [0.2, 0.25) is 0 Å². The molecule has 96 valence electrons. The van der Waals surface area contributed by atoms with Gasteiger partial charge < -0.3 is 9.52 Å². The van der Waals surface area contributed by atoms with Gasteiger partial charge in [-0.05, 0) is 43.7 Å². The van der Waals surface area contributed by atoms with Gasteiger partial charge in [0.25, 0.3) is 0 Å². The number of nitrogens with zero attached hydrogens (tertiary/aromatic N) is 1. The zero-order chi connectivity index (χ0) is 13.4. The second-order valence-corrected chi connectivity index (χ2v) is 4.89. The van der Waals surface area contributed by atoms with Crippen LogP contribution in [-0.2, 0) is 0 Å². The molecule has 2 heterocycles. The van der Waals surface area contributed by atoms with E-state index in [1.54, 1.807) is 12.4 Å². The maximum atomic E-state index is 10.4. The molecule has 0 aliphatic rings. The Morgan fingerprint density at radius 1 is 1.05 bits per heavy atom. The summed E-state index contributed by atoms with van der Waals surface area (Å²) in [5.41, 5.74) is 3.73. The third-order valence-electron chi connectivity index (χ3n) is 3.17. The molecule has 3 aromatic rings. The highest BCUT2D eigenvalue weighted by Crippen LogP contribution is 2.28. The Labute approximate surface area is 111 Å². The van der Waals surface area contributed by atoms with E-state index in [1.165, 1.54) is 5.56 Å². The first-order valence-corrected chi connectivity index (χ1v) is 6.23. The van der Waals surface area contributed by atoms with E-state index >= 15 is 0 Å². The van der Waals surface area contributed by atoms with Gasteiger partial charge in [-0.1, -0.05) is 11.6 Å². The number of hydrogen-bond donors (Lipinski definition) is 1. The number of rotatable bonds is 2. The van der Waals surface area contributed by atoms with Crippen molar-refractivity contribution in [3.63, 3.8) is 0 Å². The van der Waals surface area contributed by atoms with Gasteiger partial charge in [-0.25, -0.2) is 0 Å². The van der Waals surface area contributed by atoms with E-state index in [2.05, 4.69) is 4.98 Å². The molecule has 0 radical (unpaired) electrons. The number of benzene rings is 1. The van der Waals surface area contributed by atoms with Crippen LogP contribution in [-0.4, -0.2) is 10.1 Å². The largest absolute Gasteiger partial charge is 0.458 e. The van der Waals surface area contributed by atoms with Crippen molar-refractivity contribution in [2.24, 2.45) is 0 Å². The first kappa shape index (κ1) is 11.9. The van der Waals surface area contributed by atoms with E-state index in [-0.39, 0.29) is 0 Å². The van der Waals surface area contributed by atoms with Gasteiger partial charge in [0.1, 0.15) is 17.4 Å². The maximum absolute atomic E-state index is 10.4. The maximum Gasteiger partial charge on any atom is 0.138 e. The lowest BCUT2D eigenvalue weighted by Crippen LogP contribution is -1.98. The van der Waals surface area contributed by atoms with Gasteiger partial charge in [0.2, 0.25) is 0 Å². The molecule has 0 aliphatic carbocycles. The first-order valence-electron chi connectivity index (χ1n) is 6.23. The van der Waals surface area contributed by atoms with Crippen LogP contribution < -0.4 is 0 Å². The Morgan fingerprint density at radius 2 is 1.89 bits per heavy atom. The summed E-state index contributed by atoms with van der Waals surface area (Å²) in [6.07, 6.45) is 2.65. The minimum absolute atomic E-state index is 0.549. The van der Waals surface area contributed by atoms with Gasteiger partial charge in [-0.2, -0.15) is 0 Å². The van der Waals surface area contributed by atoms with Crippen LogP contribution in [0.5, 0.6) is 0 Å². The molecule has 3 rings (SSSR count). The second-order valence-electron chi connectivity index (χ2n) is 4.89. The molecule has 1 atom stereocenters. The molecule has 0 bridgehead atoms. The van der Waals surface area contributed by atoms with Crippen molar-refractivity contribution < 1.29 is 9.52 Å². The van der Waals surface area contributed by atoms with Crippen molar-refractivity contribution in [1.82, 2.24) is 4.98 Å². The summed E-state index contributed by atoms with van der Waals surface area (Å²) in [4.78, 5) is 4.10. The van der Waals surface area contributed by atoms with Crippen molar-refractivity contribution in [2.75, 3.05) is 0 Å². The molecule has 19 heavy (non-hydrogen) atoms. The highest BCUT2D eigenvalue weighted by atomic mass is 16.4. The van der Waals surface area contributed by atoms with Gasteiger partial charge in [0, 0.05) is 23.3 Å². The summed E-state index contributed by atoms with van der Waals surface area (Å²) in [5.74, 6) is 0.549. The standard InChI is InChI=1S/C16H15NO2/c1-10-3-4-14-12(5-10)7-15(19-14)16(18)13-6-11(2)8-17-9-13/h3-9,16,18H,1-2H3. The number of furan rings is 1. The molecule has 1 N–H and O–H groups in total. The van der Waals surface area contributed by atoms with E-state index in [0.29, 0.717) is 5.76 Å². The van der Waals surface area contributed by atoms with Gasteiger partial charge in [-0.3, -0.25) is 4.98 Å². The monoisotopic (exact) mass is 253 g/mol. The molecule has 0 fully saturated rings. The first-order chi connectivity index (χ1) is 9.13. The van der Waals surface area contributed by atoms with Crippen LogP contribution in [0.1, 0.15) is 28.6 Å². The summed E-state index contributed by atoms with van der Waals surface area (Å²) in [6, 6.07) is 9.76. The lowest BCUT2D eigenvalue weighted by Gasteiger charge is -2.07. The summed E-state index contributed by atoms with van der Waals surface area (Å²) in [7, 11) is 0. The Balaban J connectivity index is 2.04. The number of aliphatic hydroxyl groups excluding tert-OH is 1. The van der Waals surface area contributed by atoms with Gasteiger partial charge in [-0.15, -0.1) is 0 Å². The van der Waals surface area contributed by atoms with Crippen LogP contribution >= 0.6 is 0 Å². The predicted octanol–water partition coefficient (Wildman–Crippen LogP) is 3.53. The summed E-state index contributed by atoms with van der Waals surface area (Å²) < 4.78 is 5.70. The molecule has 2 aromatic heterocycles. The molecule has 3 nitrogen and oxygen atoms in total. The number of fused-ring (bicyclic) bond motifs is 1. The zero-order valence-electron chi connectivity index (χ0n) is 10.9. The fourth-order valence-corrected chi connectivity index (χ4v) is 2.21. The van der Waals surface area contributed by atoms with Crippen LogP contribution in [0.25, 0.3) is 11.0 Å². The van der Waals surface area contributed by atoms with Crippen LogP contribution in [0, 0.1) is 13.8 Å². The molecule has 0 amide bonds. The predicted molar refractivity (Wildman–Crippen MR) is 74.0 cm³/mol. The Bertz CT molecular complexity index is 730. The summed E-state index contributed by atoms with van der Waals surface area (Å²) in [5, 5.41) is 11.4. The Hall–Kier alpha value is -2.13. The molecule has 1 unspecified atom stereocenters. The quantitative estimate of drug-likeness (QED) is 0.760. The van der Waals surface area contributed by atoms with Crippen molar-refractivity contribution in [3.8, 4) is 0 Å². The smallest absolute Gasteiger partial charge is 0.138 e. The molecular formula is C16H15NO2. The van der Waals surface area contributed by atoms with Gasteiger partial charge in [0.15, 0.2) is 0 Å². The van der Waals surface area contributed by atoms with E-state index < -0.39 is 6.10 Å². The normalized spacial score (nSPS) is 12.8. The van der Waals surface area contributed by atoms with E-state index in [9.17, 15) is 5.11 Å². The topological polar surface area (TPSA) is 46.3 Å². The molecule has 0 aliphatic heterocycles. The number of pyridine rings is 1. The molecule has 0 saturated carbocycles. The van der Waals surface area contributed by atoms with Gasteiger partial charge in [0.05, 0.1) is 0 Å². The Kier molecular flexibility index (Phi) is 2.84. The summed E-state index contributed by atoms with van der Waals surface area (Å²) in [6.45, 7) is 3.98. The van der Waals surface area contributed by atoms with Crippen LogP contribution in [0.15, 0.2) is 47.1 Å². The minimum atomic E-state index is -0.778. The van der Waals surface area contributed by atoms with Crippen molar-refractivity contribution in [1.29, 1.82) is 0 Å². The fraction of sp³-hybridized carbons (Fsp3) is 0.188. The number of aliphatic hydroxyl groups is 1. The molecule has 3 heteroatoms. The zero-order valence-corrected chi connectivity index (χ0v) is 10.9. The molecule has 0 saturated heterocycles. The third kappa shape index (κ3) is 2.25. The van der Waals surface area contributed by atoms with Crippen molar-refractivity contribution in [2.45, 2.75) is 20.0 Å².